The summed E-state index contributed by atoms with van der Waals surface area (Å²) in [6, 6.07) is 14.2. The van der Waals surface area contributed by atoms with Crippen LogP contribution in [0.1, 0.15) is 25.0 Å². The van der Waals surface area contributed by atoms with E-state index in [2.05, 4.69) is 44.3 Å². The van der Waals surface area contributed by atoms with E-state index in [0.29, 0.717) is 6.61 Å². The highest BCUT2D eigenvalue weighted by atomic mass is 16.5. The van der Waals surface area contributed by atoms with Crippen LogP contribution in [0.4, 0.5) is 5.69 Å². The maximum atomic E-state index is 6.07. The highest BCUT2D eigenvalue weighted by Gasteiger charge is 2.08. The van der Waals surface area contributed by atoms with Crippen LogP contribution in [0.2, 0.25) is 0 Å². The molecule has 0 heterocycles. The Bertz CT molecular complexity index is 573. The van der Waals surface area contributed by atoms with Crippen molar-refractivity contribution in [1.29, 1.82) is 0 Å². The summed E-state index contributed by atoms with van der Waals surface area (Å²) in [5, 5.41) is 3.39. The Hall–Kier alpha value is -2.16. The molecule has 3 nitrogen and oxygen atoms in total. The van der Waals surface area contributed by atoms with Crippen molar-refractivity contribution in [3.05, 3.63) is 53.6 Å². The first-order chi connectivity index (χ1) is 10.6. The summed E-state index contributed by atoms with van der Waals surface area (Å²) >= 11 is 0. The lowest BCUT2D eigenvalue weighted by Gasteiger charge is -2.19. The van der Waals surface area contributed by atoms with E-state index in [4.69, 9.17) is 9.47 Å². The van der Waals surface area contributed by atoms with Gasteiger partial charge in [0.05, 0.1) is 13.2 Å². The average Bonchev–Trinajstić information content (AvgIpc) is 2.51. The summed E-state index contributed by atoms with van der Waals surface area (Å²) in [6.07, 6.45) is 0.0892. The smallest absolute Gasteiger partial charge is 0.125 e. The predicted molar refractivity (Wildman–Crippen MR) is 92.1 cm³/mol. The summed E-state index contributed by atoms with van der Waals surface area (Å²) in [5.41, 5.74) is 3.42. The molecule has 0 aliphatic heterocycles. The Morgan fingerprint density at radius 1 is 1.00 bits per heavy atom. The van der Waals surface area contributed by atoms with Crippen molar-refractivity contribution in [3.63, 3.8) is 0 Å². The van der Waals surface area contributed by atoms with Crippen molar-refractivity contribution in [2.75, 3.05) is 18.5 Å². The minimum absolute atomic E-state index is 0.0892. The third-order valence-electron chi connectivity index (χ3n) is 3.49. The highest BCUT2D eigenvalue weighted by molar-refractivity contribution is 5.46. The maximum absolute atomic E-state index is 6.07. The topological polar surface area (TPSA) is 30.5 Å². The molecule has 0 amide bonds. The van der Waals surface area contributed by atoms with Gasteiger partial charge in [0.25, 0.3) is 0 Å². The first-order valence-electron chi connectivity index (χ1n) is 7.79. The molecular formula is C19H25NO2. The summed E-state index contributed by atoms with van der Waals surface area (Å²) in [4.78, 5) is 0. The number of ether oxygens (including phenoxy) is 2. The zero-order chi connectivity index (χ0) is 15.9. The molecular weight excluding hydrogens is 274 g/mol. The van der Waals surface area contributed by atoms with Gasteiger partial charge in [0.1, 0.15) is 17.6 Å². The van der Waals surface area contributed by atoms with E-state index in [9.17, 15) is 0 Å². The van der Waals surface area contributed by atoms with Crippen molar-refractivity contribution in [3.8, 4) is 11.5 Å². The summed E-state index contributed by atoms with van der Waals surface area (Å²) in [6.45, 7) is 9.66. The number of benzene rings is 2. The Kier molecular flexibility index (Phi) is 5.70. The average molecular weight is 299 g/mol. The Morgan fingerprint density at radius 2 is 1.64 bits per heavy atom. The fraction of sp³-hybridized carbons (Fsp3) is 0.368. The normalized spacial score (nSPS) is 11.8. The summed E-state index contributed by atoms with van der Waals surface area (Å²) in [7, 11) is 0. The lowest BCUT2D eigenvalue weighted by atomic mass is 10.1. The van der Waals surface area contributed by atoms with E-state index >= 15 is 0 Å². The molecule has 2 aromatic rings. The molecule has 1 N–H and O–H groups in total. The second-order valence-corrected chi connectivity index (χ2v) is 5.49. The van der Waals surface area contributed by atoms with Crippen LogP contribution in [0.25, 0.3) is 0 Å². The van der Waals surface area contributed by atoms with Crippen LogP contribution in [-0.2, 0) is 0 Å². The molecule has 0 bridgehead atoms. The zero-order valence-corrected chi connectivity index (χ0v) is 13.8. The summed E-state index contributed by atoms with van der Waals surface area (Å²) < 4.78 is 11.5. The van der Waals surface area contributed by atoms with Gasteiger partial charge in [-0.1, -0.05) is 18.2 Å². The predicted octanol–water partition coefficient (Wildman–Crippen LogP) is 4.58. The molecule has 0 aliphatic carbocycles. The third kappa shape index (κ3) is 4.42. The van der Waals surface area contributed by atoms with Crippen LogP contribution in [0.3, 0.4) is 0 Å². The van der Waals surface area contributed by atoms with Crippen LogP contribution < -0.4 is 14.8 Å². The van der Waals surface area contributed by atoms with Gasteiger partial charge in [-0.15, -0.1) is 0 Å². The van der Waals surface area contributed by atoms with Gasteiger partial charge in [0, 0.05) is 5.69 Å². The number of anilines is 1. The van der Waals surface area contributed by atoms with Crippen molar-refractivity contribution in [2.24, 2.45) is 0 Å². The van der Waals surface area contributed by atoms with Gasteiger partial charge in [-0.3, -0.25) is 0 Å². The molecule has 0 aliphatic rings. The standard InChI is InChI=1S/C19H25NO2/c1-5-21-18-11-9-17(10-12-18)20-13-16(4)22-19-14(2)7-6-8-15(19)3/h6-12,16,20H,5,13H2,1-4H3. The van der Waals surface area contributed by atoms with Gasteiger partial charge in [0.15, 0.2) is 0 Å². The largest absolute Gasteiger partial charge is 0.494 e. The quantitative estimate of drug-likeness (QED) is 0.811. The van der Waals surface area contributed by atoms with Crippen LogP contribution >= 0.6 is 0 Å². The van der Waals surface area contributed by atoms with Crippen LogP contribution in [0.5, 0.6) is 11.5 Å². The molecule has 1 unspecified atom stereocenters. The van der Waals surface area contributed by atoms with Gasteiger partial charge in [-0.05, 0) is 63.1 Å². The van der Waals surface area contributed by atoms with Gasteiger partial charge < -0.3 is 14.8 Å². The van der Waals surface area contributed by atoms with Crippen molar-refractivity contribution >= 4 is 5.69 Å². The van der Waals surface area contributed by atoms with E-state index in [1.165, 1.54) is 11.1 Å². The van der Waals surface area contributed by atoms with Crippen LogP contribution in [0, 0.1) is 13.8 Å². The maximum Gasteiger partial charge on any atom is 0.125 e. The monoisotopic (exact) mass is 299 g/mol. The Balaban J connectivity index is 1.88. The molecule has 0 aromatic heterocycles. The Labute approximate surface area is 133 Å². The molecule has 0 saturated heterocycles. The van der Waals surface area contributed by atoms with Crippen molar-refractivity contribution in [1.82, 2.24) is 0 Å². The number of para-hydroxylation sites is 1. The van der Waals surface area contributed by atoms with Crippen molar-refractivity contribution < 1.29 is 9.47 Å². The number of hydrogen-bond donors (Lipinski definition) is 1. The van der Waals surface area contributed by atoms with Gasteiger partial charge in [0.2, 0.25) is 0 Å². The third-order valence-corrected chi connectivity index (χ3v) is 3.49. The van der Waals surface area contributed by atoms with Gasteiger partial charge >= 0.3 is 0 Å². The minimum atomic E-state index is 0.0892. The minimum Gasteiger partial charge on any atom is -0.494 e. The molecule has 118 valence electrons. The fourth-order valence-corrected chi connectivity index (χ4v) is 2.33. The van der Waals surface area contributed by atoms with Gasteiger partial charge in [-0.2, -0.15) is 0 Å². The zero-order valence-electron chi connectivity index (χ0n) is 13.8. The van der Waals surface area contributed by atoms with E-state index in [1.54, 1.807) is 0 Å². The number of rotatable bonds is 7. The molecule has 0 radical (unpaired) electrons. The fourth-order valence-electron chi connectivity index (χ4n) is 2.33. The second kappa shape index (κ2) is 7.74. The van der Waals surface area contributed by atoms with Gasteiger partial charge in [-0.25, -0.2) is 0 Å². The molecule has 2 aromatic carbocycles. The lowest BCUT2D eigenvalue weighted by molar-refractivity contribution is 0.231. The van der Waals surface area contributed by atoms with E-state index in [1.807, 2.05) is 31.2 Å². The van der Waals surface area contributed by atoms with E-state index in [-0.39, 0.29) is 6.10 Å². The van der Waals surface area contributed by atoms with E-state index < -0.39 is 0 Å². The number of hydrogen-bond acceptors (Lipinski definition) is 3. The molecule has 2 rings (SSSR count). The van der Waals surface area contributed by atoms with Crippen LogP contribution in [0.15, 0.2) is 42.5 Å². The summed E-state index contributed by atoms with van der Waals surface area (Å²) in [5.74, 6) is 1.89. The SMILES string of the molecule is CCOc1ccc(NCC(C)Oc2c(C)cccc2C)cc1. The number of aryl methyl sites for hydroxylation is 2. The first kappa shape index (κ1) is 16.2. The molecule has 22 heavy (non-hydrogen) atoms. The molecule has 3 heteroatoms. The lowest BCUT2D eigenvalue weighted by Crippen LogP contribution is -2.23. The molecule has 1 atom stereocenters. The van der Waals surface area contributed by atoms with Crippen LogP contribution in [-0.4, -0.2) is 19.3 Å². The second-order valence-electron chi connectivity index (χ2n) is 5.49. The highest BCUT2D eigenvalue weighted by Crippen LogP contribution is 2.23. The Morgan fingerprint density at radius 3 is 2.23 bits per heavy atom. The molecule has 0 saturated carbocycles. The molecule has 0 fully saturated rings. The van der Waals surface area contributed by atoms with E-state index in [0.717, 1.165) is 23.7 Å². The van der Waals surface area contributed by atoms with Crippen molar-refractivity contribution in [2.45, 2.75) is 33.8 Å². The number of nitrogens with one attached hydrogen (secondary N) is 1. The first-order valence-corrected chi connectivity index (χ1v) is 7.79. The molecule has 0 spiro atoms.